The molecule has 2 N–H and O–H groups in total. The van der Waals surface area contributed by atoms with Gasteiger partial charge in [-0.15, -0.1) is 11.6 Å². The van der Waals surface area contributed by atoms with Gasteiger partial charge in [0, 0.05) is 5.92 Å². The smallest absolute Gasteiger partial charge is 0.391 e. The van der Waals surface area contributed by atoms with Crippen LogP contribution in [-0.4, -0.2) is 40.5 Å². The number of aliphatic hydroxyl groups is 1. The van der Waals surface area contributed by atoms with E-state index in [0.29, 0.717) is 0 Å². The minimum Gasteiger partial charge on any atom is -0.391 e. The van der Waals surface area contributed by atoms with E-state index in [-0.39, 0.29) is 0 Å². The molecule has 2 fully saturated rings. The average molecular weight is 284 g/mol. The molecule has 0 spiro atoms. The summed E-state index contributed by atoms with van der Waals surface area (Å²) in [4.78, 5) is 0. The highest BCUT2D eigenvalue weighted by Crippen LogP contribution is 2.58. The summed E-state index contributed by atoms with van der Waals surface area (Å²) < 4.78 is 76.5. The van der Waals surface area contributed by atoms with Gasteiger partial charge in [0.2, 0.25) is 5.54 Å². The first-order valence-electron chi connectivity index (χ1n) is 4.75. The Balaban J connectivity index is 2.48. The Morgan fingerprint density at radius 2 is 1.59 bits per heavy atom. The van der Waals surface area contributed by atoms with Crippen molar-refractivity contribution in [1.29, 1.82) is 0 Å². The predicted molar refractivity (Wildman–Crippen MR) is 45.5 cm³/mol. The zero-order valence-electron chi connectivity index (χ0n) is 8.11. The number of halogens is 7. The molecule has 1 aliphatic heterocycles. The van der Waals surface area contributed by atoms with Crippen LogP contribution in [0.3, 0.4) is 0 Å². The fourth-order valence-corrected chi connectivity index (χ4v) is 3.23. The van der Waals surface area contributed by atoms with Gasteiger partial charge in [-0.2, -0.15) is 26.3 Å². The third-order valence-electron chi connectivity index (χ3n) is 3.48. The number of alkyl halides is 7. The lowest BCUT2D eigenvalue weighted by Gasteiger charge is -2.41. The number of aliphatic hydroxyl groups excluding tert-OH is 1. The second-order valence-electron chi connectivity index (χ2n) is 4.33. The van der Waals surface area contributed by atoms with Crippen LogP contribution in [0.1, 0.15) is 6.42 Å². The quantitative estimate of drug-likeness (QED) is 0.525. The first-order valence-corrected chi connectivity index (χ1v) is 5.19. The SMILES string of the molecule is OC1CC2C(Cl)C1NC2(C(F)(F)F)C(F)(F)F. The molecule has 2 aliphatic rings. The molecule has 0 amide bonds. The second kappa shape index (κ2) is 3.42. The van der Waals surface area contributed by atoms with Crippen molar-refractivity contribution >= 4 is 11.6 Å². The van der Waals surface area contributed by atoms with Gasteiger partial charge in [0.15, 0.2) is 0 Å². The number of nitrogens with one attached hydrogen (secondary N) is 1. The van der Waals surface area contributed by atoms with E-state index < -0.39 is 47.8 Å². The Morgan fingerprint density at radius 1 is 1.12 bits per heavy atom. The van der Waals surface area contributed by atoms with Crippen molar-refractivity contribution in [3.63, 3.8) is 0 Å². The summed E-state index contributed by atoms with van der Waals surface area (Å²) in [7, 11) is 0. The van der Waals surface area contributed by atoms with Gasteiger partial charge in [0.25, 0.3) is 0 Å². The van der Waals surface area contributed by atoms with Gasteiger partial charge in [-0.05, 0) is 6.42 Å². The molecule has 4 unspecified atom stereocenters. The lowest BCUT2D eigenvalue weighted by atomic mass is 9.82. The maximum atomic E-state index is 12.7. The highest BCUT2D eigenvalue weighted by molar-refractivity contribution is 6.22. The van der Waals surface area contributed by atoms with Gasteiger partial charge in [-0.25, -0.2) is 0 Å². The van der Waals surface area contributed by atoms with E-state index in [1.165, 1.54) is 5.32 Å². The number of rotatable bonds is 0. The van der Waals surface area contributed by atoms with Gasteiger partial charge in [0.1, 0.15) is 0 Å². The van der Waals surface area contributed by atoms with Crippen LogP contribution in [0, 0.1) is 5.92 Å². The van der Waals surface area contributed by atoms with Crippen molar-refractivity contribution in [3.05, 3.63) is 0 Å². The summed E-state index contributed by atoms with van der Waals surface area (Å²) in [5.41, 5.74) is -4.00. The van der Waals surface area contributed by atoms with Crippen LogP contribution in [0.5, 0.6) is 0 Å². The number of hydrogen-bond donors (Lipinski definition) is 2. The highest BCUT2D eigenvalue weighted by atomic mass is 35.5. The van der Waals surface area contributed by atoms with Crippen molar-refractivity contribution in [3.8, 4) is 0 Å². The third-order valence-corrected chi connectivity index (χ3v) is 4.06. The molecule has 2 bridgehead atoms. The number of hydrogen-bond acceptors (Lipinski definition) is 2. The van der Waals surface area contributed by atoms with Crippen LogP contribution < -0.4 is 5.32 Å². The Bertz CT molecular complexity index is 315. The molecule has 0 radical (unpaired) electrons. The third kappa shape index (κ3) is 1.50. The molecule has 1 heterocycles. The lowest BCUT2D eigenvalue weighted by Crippen LogP contribution is -2.70. The van der Waals surface area contributed by atoms with E-state index in [1.807, 2.05) is 0 Å². The van der Waals surface area contributed by atoms with Crippen LogP contribution in [0.25, 0.3) is 0 Å². The van der Waals surface area contributed by atoms with Crippen LogP contribution in [0.15, 0.2) is 0 Å². The van der Waals surface area contributed by atoms with Crippen molar-refractivity contribution in [1.82, 2.24) is 5.32 Å². The molecule has 17 heavy (non-hydrogen) atoms. The predicted octanol–water partition coefficient (Wildman–Crippen LogP) is 1.81. The average Bonchev–Trinajstić information content (AvgIpc) is 2.53. The maximum Gasteiger partial charge on any atom is 0.415 e. The first-order chi connectivity index (χ1) is 7.52. The summed E-state index contributed by atoms with van der Waals surface area (Å²) >= 11 is 5.54. The van der Waals surface area contributed by atoms with Crippen LogP contribution in [0.4, 0.5) is 26.3 Å². The molecule has 2 rings (SSSR count). The number of piperidine rings is 1. The molecule has 1 aliphatic carbocycles. The lowest BCUT2D eigenvalue weighted by molar-refractivity contribution is -0.320. The van der Waals surface area contributed by atoms with Crippen LogP contribution in [-0.2, 0) is 0 Å². The fourth-order valence-electron chi connectivity index (χ4n) is 2.71. The van der Waals surface area contributed by atoms with Gasteiger partial charge in [0.05, 0.1) is 17.5 Å². The summed E-state index contributed by atoms with van der Waals surface area (Å²) in [6.07, 6.45) is -12.9. The molecule has 9 heteroatoms. The zero-order chi connectivity index (χ0) is 13.2. The van der Waals surface area contributed by atoms with E-state index in [2.05, 4.69) is 0 Å². The standard InChI is InChI=1S/C8H8ClF6NO/c9-4-2-1-3(17)5(4)16-6(2,7(10,11)12)8(13,14)15/h2-5,16-17H,1H2. The monoisotopic (exact) mass is 283 g/mol. The van der Waals surface area contributed by atoms with E-state index in [9.17, 15) is 31.4 Å². The summed E-state index contributed by atoms with van der Waals surface area (Å²) in [6.45, 7) is 0. The molecular formula is C8H8ClF6NO. The van der Waals surface area contributed by atoms with Crippen LogP contribution in [0.2, 0.25) is 0 Å². The highest BCUT2D eigenvalue weighted by Gasteiger charge is 2.81. The maximum absolute atomic E-state index is 12.7. The molecule has 2 nitrogen and oxygen atoms in total. The normalized spacial score (nSPS) is 40.9. The van der Waals surface area contributed by atoms with Gasteiger partial charge >= 0.3 is 12.4 Å². The first kappa shape index (κ1) is 13.2. The largest absolute Gasteiger partial charge is 0.415 e. The molecule has 100 valence electrons. The number of fused-ring (bicyclic) bond motifs is 2. The molecule has 0 aromatic heterocycles. The van der Waals surface area contributed by atoms with Crippen molar-refractivity contribution in [2.75, 3.05) is 0 Å². The van der Waals surface area contributed by atoms with E-state index in [4.69, 9.17) is 11.6 Å². The van der Waals surface area contributed by atoms with Crippen molar-refractivity contribution in [2.24, 2.45) is 5.92 Å². The summed E-state index contributed by atoms with van der Waals surface area (Å²) in [6, 6.07) is -1.38. The summed E-state index contributed by atoms with van der Waals surface area (Å²) in [5, 5.41) is 9.34. The summed E-state index contributed by atoms with van der Waals surface area (Å²) in [5.74, 6) is -1.90. The van der Waals surface area contributed by atoms with Gasteiger partial charge in [-0.1, -0.05) is 0 Å². The Kier molecular flexibility index (Phi) is 2.66. The van der Waals surface area contributed by atoms with Crippen molar-refractivity contribution in [2.45, 2.75) is 41.8 Å². The molecule has 0 aromatic rings. The molecule has 1 saturated heterocycles. The Morgan fingerprint density at radius 3 is 1.82 bits per heavy atom. The fraction of sp³-hybridized carbons (Fsp3) is 1.00. The molecule has 1 saturated carbocycles. The molecule has 0 aromatic carbocycles. The Hall–Kier alpha value is -0.210. The van der Waals surface area contributed by atoms with Crippen LogP contribution >= 0.6 is 11.6 Å². The topological polar surface area (TPSA) is 32.3 Å². The van der Waals surface area contributed by atoms with Gasteiger partial charge in [-0.3, -0.25) is 5.32 Å². The zero-order valence-corrected chi connectivity index (χ0v) is 8.87. The minimum absolute atomic E-state index is 0.606. The minimum atomic E-state index is -5.50. The van der Waals surface area contributed by atoms with E-state index in [0.717, 1.165) is 0 Å². The second-order valence-corrected chi connectivity index (χ2v) is 4.83. The van der Waals surface area contributed by atoms with E-state index in [1.54, 1.807) is 0 Å². The van der Waals surface area contributed by atoms with Crippen molar-refractivity contribution < 1.29 is 31.4 Å². The molecule has 4 atom stereocenters. The van der Waals surface area contributed by atoms with Gasteiger partial charge < -0.3 is 5.11 Å². The molecular weight excluding hydrogens is 276 g/mol. The van der Waals surface area contributed by atoms with E-state index >= 15 is 0 Å². The Labute approximate surface area is 96.9 Å².